The maximum Gasteiger partial charge on any atom is 0.307 e. The molecule has 0 spiro atoms. The molecule has 1 unspecified atom stereocenters. The highest BCUT2D eigenvalue weighted by Crippen LogP contribution is 2.31. The van der Waals surface area contributed by atoms with Crippen molar-refractivity contribution in [2.24, 2.45) is 0 Å². The van der Waals surface area contributed by atoms with E-state index < -0.39 is 22.8 Å². The molecule has 11 nitrogen and oxygen atoms in total. The van der Waals surface area contributed by atoms with Crippen LogP contribution < -0.4 is 14.8 Å². The average Bonchev–Trinajstić information content (AvgIpc) is 3.08. The molecule has 0 aliphatic carbocycles. The lowest BCUT2D eigenvalue weighted by molar-refractivity contribution is -0.385. The van der Waals surface area contributed by atoms with E-state index in [1.165, 1.54) is 14.2 Å². The topological polar surface area (TPSA) is 146 Å². The minimum Gasteiger partial charge on any atom is -0.493 e. The molecular formula is C16H18N4O7. The third kappa shape index (κ3) is 5.17. The first-order valence-electron chi connectivity index (χ1n) is 7.74. The van der Waals surface area contributed by atoms with Crippen molar-refractivity contribution in [1.82, 2.24) is 15.1 Å². The third-order valence-electron chi connectivity index (χ3n) is 3.66. The van der Waals surface area contributed by atoms with Crippen molar-refractivity contribution in [3.05, 3.63) is 46.3 Å². The largest absolute Gasteiger partial charge is 0.493 e. The second-order valence-electron chi connectivity index (χ2n) is 5.49. The number of carbonyl (C=O) groups excluding carboxylic acids is 1. The van der Waals surface area contributed by atoms with Crippen molar-refractivity contribution < 1.29 is 29.1 Å². The van der Waals surface area contributed by atoms with Crippen molar-refractivity contribution in [3.63, 3.8) is 0 Å². The lowest BCUT2D eigenvalue weighted by atomic mass is 10.0. The molecule has 2 aromatic rings. The van der Waals surface area contributed by atoms with Gasteiger partial charge in [0.25, 0.3) is 0 Å². The summed E-state index contributed by atoms with van der Waals surface area (Å²) in [6, 6.07) is 3.96. The van der Waals surface area contributed by atoms with E-state index in [0.29, 0.717) is 17.1 Å². The number of carbonyl (C=O) groups is 2. The van der Waals surface area contributed by atoms with Crippen LogP contribution in [0, 0.1) is 10.1 Å². The molecule has 0 bridgehead atoms. The van der Waals surface area contributed by atoms with Crippen LogP contribution in [0.25, 0.3) is 0 Å². The summed E-state index contributed by atoms with van der Waals surface area (Å²) in [5.74, 6) is -0.799. The quantitative estimate of drug-likeness (QED) is 0.488. The highest BCUT2D eigenvalue weighted by molar-refractivity contribution is 5.77. The van der Waals surface area contributed by atoms with Gasteiger partial charge in [-0.15, -0.1) is 0 Å². The summed E-state index contributed by atoms with van der Waals surface area (Å²) in [5, 5.41) is 26.1. The summed E-state index contributed by atoms with van der Waals surface area (Å²) < 4.78 is 11.4. The van der Waals surface area contributed by atoms with Crippen LogP contribution in [-0.4, -0.2) is 45.9 Å². The Hall–Kier alpha value is -3.63. The fourth-order valence-electron chi connectivity index (χ4n) is 2.42. The molecule has 0 aliphatic rings. The summed E-state index contributed by atoms with van der Waals surface area (Å²) in [6.07, 6.45) is 1.78. The molecule has 11 heteroatoms. The normalized spacial score (nSPS) is 11.5. The number of nitrogens with one attached hydrogen (secondary N) is 1. The number of ether oxygens (including phenoxy) is 2. The molecule has 2 rings (SSSR count). The predicted molar refractivity (Wildman–Crippen MR) is 91.6 cm³/mol. The van der Waals surface area contributed by atoms with E-state index in [0.717, 1.165) is 17.1 Å². The van der Waals surface area contributed by atoms with Gasteiger partial charge in [0.05, 0.1) is 31.6 Å². The average molecular weight is 378 g/mol. The number of carboxylic acids is 1. The van der Waals surface area contributed by atoms with Gasteiger partial charge >= 0.3 is 11.7 Å². The first kappa shape index (κ1) is 19.7. The molecule has 0 radical (unpaired) electrons. The van der Waals surface area contributed by atoms with Gasteiger partial charge in [0.1, 0.15) is 18.9 Å². The van der Waals surface area contributed by atoms with Gasteiger partial charge in [-0.25, -0.2) is 0 Å². The number of amides is 1. The molecule has 1 amide bonds. The van der Waals surface area contributed by atoms with Gasteiger partial charge in [-0.05, 0) is 17.7 Å². The Morgan fingerprint density at radius 1 is 1.33 bits per heavy atom. The zero-order chi connectivity index (χ0) is 20.0. The van der Waals surface area contributed by atoms with Crippen LogP contribution >= 0.6 is 0 Å². The number of aromatic nitrogens is 2. The van der Waals surface area contributed by atoms with Crippen molar-refractivity contribution >= 4 is 17.6 Å². The second kappa shape index (κ2) is 8.65. The predicted octanol–water partition coefficient (Wildman–Crippen LogP) is 1.14. The van der Waals surface area contributed by atoms with Crippen LogP contribution in [0.3, 0.4) is 0 Å². The molecular weight excluding hydrogens is 360 g/mol. The number of hydrogen-bond acceptors (Lipinski definition) is 7. The molecule has 0 fully saturated rings. The van der Waals surface area contributed by atoms with Crippen LogP contribution in [0.1, 0.15) is 18.0 Å². The Kier molecular flexibility index (Phi) is 6.31. The van der Waals surface area contributed by atoms with E-state index in [-0.39, 0.29) is 18.7 Å². The van der Waals surface area contributed by atoms with Crippen molar-refractivity contribution in [2.75, 3.05) is 14.2 Å². The fourth-order valence-corrected chi connectivity index (χ4v) is 2.42. The van der Waals surface area contributed by atoms with Crippen molar-refractivity contribution in [1.29, 1.82) is 0 Å². The maximum absolute atomic E-state index is 12.2. The van der Waals surface area contributed by atoms with Crippen LogP contribution in [0.2, 0.25) is 0 Å². The van der Waals surface area contributed by atoms with Crippen molar-refractivity contribution in [3.8, 4) is 11.5 Å². The number of aliphatic carboxylic acids is 1. The van der Waals surface area contributed by atoms with Crippen LogP contribution in [0.5, 0.6) is 11.5 Å². The minimum atomic E-state index is -1.11. The summed E-state index contributed by atoms with van der Waals surface area (Å²) in [5.41, 5.74) is 0.264. The van der Waals surface area contributed by atoms with Crippen LogP contribution in [0.15, 0.2) is 30.6 Å². The number of hydrogen-bond donors (Lipinski definition) is 2. The molecule has 1 heterocycles. The Morgan fingerprint density at radius 2 is 2.04 bits per heavy atom. The standard InChI is InChI=1S/C16H18N4O7/c1-26-13-4-3-10(5-14(13)27-2)12(6-16(22)23)18-15(21)9-19-8-11(7-17-19)20(24)25/h3-5,7-8,12H,6,9H2,1-2H3,(H,18,21)(H,22,23). The summed E-state index contributed by atoms with van der Waals surface area (Å²) >= 11 is 0. The van der Waals surface area contributed by atoms with Gasteiger partial charge in [-0.3, -0.25) is 24.4 Å². The van der Waals surface area contributed by atoms with E-state index >= 15 is 0 Å². The van der Waals surface area contributed by atoms with E-state index in [2.05, 4.69) is 10.4 Å². The highest BCUT2D eigenvalue weighted by Gasteiger charge is 2.21. The summed E-state index contributed by atoms with van der Waals surface area (Å²) in [7, 11) is 2.91. The number of carboxylic acid groups (broad SMARTS) is 1. The lowest BCUT2D eigenvalue weighted by Crippen LogP contribution is -2.33. The third-order valence-corrected chi connectivity index (χ3v) is 3.66. The molecule has 1 aromatic heterocycles. The van der Waals surface area contributed by atoms with E-state index in [9.17, 15) is 19.7 Å². The second-order valence-corrected chi connectivity index (χ2v) is 5.49. The Labute approximate surface area is 153 Å². The van der Waals surface area contributed by atoms with Gasteiger partial charge in [0, 0.05) is 0 Å². The van der Waals surface area contributed by atoms with E-state index in [1.807, 2.05) is 0 Å². The monoisotopic (exact) mass is 378 g/mol. The van der Waals surface area contributed by atoms with E-state index in [4.69, 9.17) is 14.6 Å². The number of nitrogens with zero attached hydrogens (tertiary/aromatic N) is 3. The van der Waals surface area contributed by atoms with Gasteiger partial charge in [-0.1, -0.05) is 6.07 Å². The minimum absolute atomic E-state index is 0.246. The van der Waals surface area contributed by atoms with Crippen molar-refractivity contribution in [2.45, 2.75) is 19.0 Å². The van der Waals surface area contributed by atoms with Crippen LogP contribution in [0.4, 0.5) is 5.69 Å². The molecule has 1 aromatic carbocycles. The Balaban J connectivity index is 2.17. The Bertz CT molecular complexity index is 849. The molecule has 1 atom stereocenters. The van der Waals surface area contributed by atoms with Gasteiger partial charge in [0.15, 0.2) is 11.5 Å². The molecule has 2 N–H and O–H groups in total. The molecule has 0 aliphatic heterocycles. The first-order chi connectivity index (χ1) is 12.8. The SMILES string of the molecule is COc1ccc(C(CC(=O)O)NC(=O)Cn2cc([N+](=O)[O-])cn2)cc1OC. The summed E-state index contributed by atoms with van der Waals surface area (Å²) in [6.45, 7) is -0.294. The maximum atomic E-state index is 12.2. The molecule has 0 saturated carbocycles. The highest BCUT2D eigenvalue weighted by atomic mass is 16.6. The first-order valence-corrected chi connectivity index (χ1v) is 7.74. The van der Waals surface area contributed by atoms with Gasteiger partial charge in [0.2, 0.25) is 5.91 Å². The fraction of sp³-hybridized carbons (Fsp3) is 0.312. The molecule has 0 saturated heterocycles. The van der Waals surface area contributed by atoms with Gasteiger partial charge < -0.3 is 19.9 Å². The lowest BCUT2D eigenvalue weighted by Gasteiger charge is -2.19. The van der Waals surface area contributed by atoms with Gasteiger partial charge in [-0.2, -0.15) is 5.10 Å². The number of benzene rings is 1. The molecule has 27 heavy (non-hydrogen) atoms. The number of methoxy groups -OCH3 is 2. The Morgan fingerprint density at radius 3 is 2.59 bits per heavy atom. The zero-order valence-electron chi connectivity index (χ0n) is 14.6. The molecule has 144 valence electrons. The van der Waals surface area contributed by atoms with Crippen LogP contribution in [-0.2, 0) is 16.1 Å². The number of rotatable bonds is 9. The number of nitro groups is 1. The smallest absolute Gasteiger partial charge is 0.307 e. The summed E-state index contributed by atoms with van der Waals surface area (Å²) in [4.78, 5) is 33.5. The zero-order valence-corrected chi connectivity index (χ0v) is 14.6. The van der Waals surface area contributed by atoms with E-state index in [1.54, 1.807) is 18.2 Å².